The van der Waals surface area contributed by atoms with Crippen LogP contribution in [0.4, 0.5) is 13.2 Å². The topological polar surface area (TPSA) is 81.4 Å². The summed E-state index contributed by atoms with van der Waals surface area (Å²) in [7, 11) is 0. The molecule has 0 bridgehead atoms. The summed E-state index contributed by atoms with van der Waals surface area (Å²) in [6.07, 6.45) is 4.37. The Morgan fingerprint density at radius 3 is 2.52 bits per heavy atom. The predicted molar refractivity (Wildman–Crippen MR) is 103 cm³/mol. The van der Waals surface area contributed by atoms with E-state index in [9.17, 15) is 13.2 Å². The summed E-state index contributed by atoms with van der Waals surface area (Å²) in [4.78, 5) is 11.4. The Labute approximate surface area is 179 Å². The van der Waals surface area contributed by atoms with Gasteiger partial charge in [-0.15, -0.1) is 0 Å². The van der Waals surface area contributed by atoms with Crippen LogP contribution in [0.25, 0.3) is 0 Å². The van der Waals surface area contributed by atoms with E-state index in [2.05, 4.69) is 11.0 Å². The van der Waals surface area contributed by atoms with Gasteiger partial charge >= 0.3 is 12.1 Å². The van der Waals surface area contributed by atoms with Crippen LogP contribution in [0, 0.1) is 5.92 Å². The van der Waals surface area contributed by atoms with Gasteiger partial charge in [0.15, 0.2) is 0 Å². The third-order valence-electron chi connectivity index (χ3n) is 6.08. The number of carbonyl (C=O) groups is 1. The number of nitrogens with zero attached hydrogens (tertiary/aromatic N) is 1. The summed E-state index contributed by atoms with van der Waals surface area (Å²) in [5.74, 6) is -2.08. The Morgan fingerprint density at radius 2 is 1.94 bits per heavy atom. The number of rotatable bonds is 5. The van der Waals surface area contributed by atoms with Crippen molar-refractivity contribution in [1.82, 2.24) is 4.90 Å². The standard InChI is InChI=1S/C19H29NO4.C2HF3O2/c1-8-21-9-2-16(1)14-23-18-11-19(24-15-18)4-6-20(7-5-19)12-17-3-10-22-13-17;3-2(4,5)1(6)7/h3,10,13,16,18H,1-2,4-9,11-12,14-15H2;(H,6,7). The highest BCUT2D eigenvalue weighted by atomic mass is 19.4. The molecule has 1 unspecified atom stereocenters. The van der Waals surface area contributed by atoms with Gasteiger partial charge in [0.25, 0.3) is 0 Å². The first-order valence-electron chi connectivity index (χ1n) is 10.6. The zero-order valence-corrected chi connectivity index (χ0v) is 17.4. The zero-order chi connectivity index (χ0) is 22.3. The van der Waals surface area contributed by atoms with E-state index in [1.54, 1.807) is 6.26 Å². The van der Waals surface area contributed by atoms with E-state index in [1.807, 2.05) is 6.26 Å². The lowest BCUT2D eigenvalue weighted by atomic mass is 9.88. The number of carboxylic acid groups (broad SMARTS) is 1. The van der Waals surface area contributed by atoms with Crippen molar-refractivity contribution in [3.8, 4) is 0 Å². The van der Waals surface area contributed by atoms with Crippen LogP contribution in [0.3, 0.4) is 0 Å². The molecule has 1 atom stereocenters. The van der Waals surface area contributed by atoms with Crippen molar-refractivity contribution in [1.29, 1.82) is 0 Å². The molecule has 4 rings (SSSR count). The second-order valence-corrected chi connectivity index (χ2v) is 8.42. The van der Waals surface area contributed by atoms with Crippen LogP contribution in [0.1, 0.15) is 37.7 Å². The second kappa shape index (κ2) is 10.8. The van der Waals surface area contributed by atoms with Crippen LogP contribution < -0.4 is 0 Å². The molecule has 3 fully saturated rings. The molecular formula is C21H30F3NO6. The molecule has 0 aromatic carbocycles. The maximum absolute atomic E-state index is 10.6. The summed E-state index contributed by atoms with van der Waals surface area (Å²) >= 11 is 0. The van der Waals surface area contributed by atoms with Gasteiger partial charge in [0.1, 0.15) is 0 Å². The molecule has 3 aliphatic heterocycles. The molecule has 3 saturated heterocycles. The zero-order valence-electron chi connectivity index (χ0n) is 17.4. The van der Waals surface area contributed by atoms with Crippen molar-refractivity contribution in [2.24, 2.45) is 5.92 Å². The van der Waals surface area contributed by atoms with Crippen molar-refractivity contribution in [3.05, 3.63) is 24.2 Å². The van der Waals surface area contributed by atoms with Gasteiger partial charge < -0.3 is 23.7 Å². The van der Waals surface area contributed by atoms with Gasteiger partial charge in [0, 0.05) is 44.8 Å². The van der Waals surface area contributed by atoms with Crippen LogP contribution in [0.15, 0.2) is 23.0 Å². The molecule has 3 aliphatic rings. The third kappa shape index (κ3) is 7.48. The summed E-state index contributed by atoms with van der Waals surface area (Å²) < 4.78 is 54.7. The number of hydrogen-bond acceptors (Lipinski definition) is 6. The number of aliphatic carboxylic acids is 1. The third-order valence-corrected chi connectivity index (χ3v) is 6.08. The second-order valence-electron chi connectivity index (χ2n) is 8.42. The fraction of sp³-hybridized carbons (Fsp3) is 0.762. The average Bonchev–Trinajstić information content (AvgIpc) is 3.39. The average molecular weight is 449 g/mol. The first kappa shape index (κ1) is 24.0. The molecule has 0 saturated carbocycles. The normalized spacial score (nSPS) is 24.7. The van der Waals surface area contributed by atoms with Crippen LogP contribution in [-0.4, -0.2) is 73.4 Å². The largest absolute Gasteiger partial charge is 0.490 e. The highest BCUT2D eigenvalue weighted by molar-refractivity contribution is 5.73. The van der Waals surface area contributed by atoms with Crippen LogP contribution in [0.2, 0.25) is 0 Å². The van der Waals surface area contributed by atoms with Gasteiger partial charge in [-0.2, -0.15) is 13.2 Å². The lowest BCUT2D eigenvalue weighted by Gasteiger charge is -2.38. The highest BCUT2D eigenvalue weighted by Crippen LogP contribution is 2.37. The van der Waals surface area contributed by atoms with E-state index < -0.39 is 12.1 Å². The van der Waals surface area contributed by atoms with Crippen molar-refractivity contribution in [2.45, 2.75) is 56.5 Å². The highest BCUT2D eigenvalue weighted by Gasteiger charge is 2.43. The molecule has 4 heterocycles. The molecule has 7 nitrogen and oxygen atoms in total. The molecule has 0 aliphatic carbocycles. The molecule has 10 heteroatoms. The lowest BCUT2D eigenvalue weighted by Crippen LogP contribution is -2.43. The Kier molecular flexibility index (Phi) is 8.37. The van der Waals surface area contributed by atoms with E-state index in [0.717, 1.165) is 78.2 Å². The van der Waals surface area contributed by atoms with Gasteiger partial charge in [0.2, 0.25) is 0 Å². The summed E-state index contributed by atoms with van der Waals surface area (Å²) in [5.41, 5.74) is 1.32. The van der Waals surface area contributed by atoms with Crippen LogP contribution in [0.5, 0.6) is 0 Å². The fourth-order valence-electron chi connectivity index (χ4n) is 4.20. The molecule has 0 radical (unpaired) electrons. The number of furan rings is 1. The SMILES string of the molecule is O=C(O)C(F)(F)F.c1cc(CN2CCC3(CC2)CC(OCC2CCOCC2)CO3)co1. The fourth-order valence-corrected chi connectivity index (χ4v) is 4.20. The molecule has 0 amide bonds. The molecular weight excluding hydrogens is 419 g/mol. The Morgan fingerprint density at radius 1 is 1.26 bits per heavy atom. The number of carboxylic acids is 1. The van der Waals surface area contributed by atoms with Crippen molar-refractivity contribution in [2.75, 3.05) is 39.5 Å². The number of piperidine rings is 1. The minimum Gasteiger partial charge on any atom is -0.475 e. The monoisotopic (exact) mass is 449 g/mol. The molecule has 1 N–H and O–H groups in total. The summed E-state index contributed by atoms with van der Waals surface area (Å²) in [5, 5.41) is 7.12. The Bertz CT molecular complexity index is 667. The van der Waals surface area contributed by atoms with Crippen molar-refractivity contribution >= 4 is 5.97 Å². The number of hydrogen-bond donors (Lipinski definition) is 1. The van der Waals surface area contributed by atoms with Gasteiger partial charge in [0.05, 0.1) is 37.4 Å². The number of halogens is 3. The molecule has 1 spiro atoms. The minimum atomic E-state index is -5.08. The van der Waals surface area contributed by atoms with Gasteiger partial charge in [-0.25, -0.2) is 4.79 Å². The maximum Gasteiger partial charge on any atom is 0.490 e. The molecule has 1 aromatic heterocycles. The Balaban J connectivity index is 0.000000339. The van der Waals surface area contributed by atoms with Gasteiger partial charge in [-0.1, -0.05) is 0 Å². The van der Waals surface area contributed by atoms with E-state index in [1.165, 1.54) is 5.56 Å². The number of ether oxygens (including phenoxy) is 3. The first-order chi connectivity index (χ1) is 14.8. The summed E-state index contributed by atoms with van der Waals surface area (Å²) in [6.45, 7) is 6.61. The number of alkyl halides is 3. The summed E-state index contributed by atoms with van der Waals surface area (Å²) in [6, 6.07) is 2.05. The predicted octanol–water partition coefficient (Wildman–Crippen LogP) is 3.48. The molecule has 176 valence electrons. The lowest BCUT2D eigenvalue weighted by molar-refractivity contribution is -0.192. The molecule has 1 aromatic rings. The van der Waals surface area contributed by atoms with Crippen LogP contribution in [-0.2, 0) is 25.5 Å². The van der Waals surface area contributed by atoms with E-state index in [4.69, 9.17) is 28.5 Å². The Hall–Kier alpha value is -1.62. The van der Waals surface area contributed by atoms with Crippen molar-refractivity contribution < 1.29 is 41.7 Å². The van der Waals surface area contributed by atoms with Crippen LogP contribution >= 0.6 is 0 Å². The van der Waals surface area contributed by atoms with Crippen molar-refractivity contribution in [3.63, 3.8) is 0 Å². The van der Waals surface area contributed by atoms with Gasteiger partial charge in [-0.3, -0.25) is 4.90 Å². The first-order valence-corrected chi connectivity index (χ1v) is 10.6. The quantitative estimate of drug-likeness (QED) is 0.737. The van der Waals surface area contributed by atoms with E-state index in [0.29, 0.717) is 5.92 Å². The number of likely N-dealkylation sites (tertiary alicyclic amines) is 1. The van der Waals surface area contributed by atoms with Gasteiger partial charge in [-0.05, 0) is 37.7 Å². The van der Waals surface area contributed by atoms with E-state index >= 15 is 0 Å². The van der Waals surface area contributed by atoms with E-state index in [-0.39, 0.29) is 11.7 Å². The maximum atomic E-state index is 10.6. The minimum absolute atomic E-state index is 0.0627. The smallest absolute Gasteiger partial charge is 0.475 e. The molecule has 31 heavy (non-hydrogen) atoms.